The average Bonchev–Trinajstić information content (AvgIpc) is 3.12. The molecule has 3 heterocycles. The molecule has 3 rings (SSSR count). The van der Waals surface area contributed by atoms with Crippen molar-refractivity contribution in [2.45, 2.75) is 92.0 Å². The SMILES string of the molecule is CCCCCCCCN1C(=O)C(=Cc2c(C)c(C#N)c(=O)n(CCC)c2N2CCC(C)CC2)SC1=S. The molecule has 1 aromatic rings. The molecule has 0 aromatic carbocycles. The number of aromatic nitrogens is 1. The highest BCUT2D eigenvalue weighted by molar-refractivity contribution is 8.26. The van der Waals surface area contributed by atoms with Gasteiger partial charge in [-0.3, -0.25) is 19.1 Å². The largest absolute Gasteiger partial charge is 0.357 e. The molecule has 2 saturated heterocycles. The molecule has 0 radical (unpaired) electrons. The van der Waals surface area contributed by atoms with E-state index in [0.29, 0.717) is 33.8 Å². The van der Waals surface area contributed by atoms with Gasteiger partial charge in [-0.05, 0) is 50.2 Å². The lowest BCUT2D eigenvalue weighted by molar-refractivity contribution is -0.122. The summed E-state index contributed by atoms with van der Waals surface area (Å²) in [6.07, 6.45) is 11.7. The van der Waals surface area contributed by atoms with Crippen molar-refractivity contribution in [2.75, 3.05) is 24.5 Å². The second kappa shape index (κ2) is 13.4. The molecule has 0 bridgehead atoms. The predicted octanol–water partition coefficient (Wildman–Crippen LogP) is 6.24. The number of nitriles is 1. The molecule has 36 heavy (non-hydrogen) atoms. The molecule has 0 saturated carbocycles. The van der Waals surface area contributed by atoms with Crippen molar-refractivity contribution in [3.05, 3.63) is 31.9 Å². The van der Waals surface area contributed by atoms with Gasteiger partial charge in [0.2, 0.25) is 0 Å². The molecular weight excluding hydrogens is 488 g/mol. The number of nitrogens with zero attached hydrogens (tertiary/aromatic N) is 4. The van der Waals surface area contributed by atoms with Crippen LogP contribution in [-0.2, 0) is 11.3 Å². The number of thiocarbonyl (C=S) groups is 1. The summed E-state index contributed by atoms with van der Waals surface area (Å²) in [5.41, 5.74) is 1.36. The number of hydrogen-bond acceptors (Lipinski definition) is 6. The number of carbonyl (C=O) groups is 1. The zero-order valence-corrected chi connectivity index (χ0v) is 23.9. The topological polar surface area (TPSA) is 69.3 Å². The Hall–Kier alpha value is -2.11. The first-order valence-electron chi connectivity index (χ1n) is 13.5. The van der Waals surface area contributed by atoms with Crippen molar-refractivity contribution in [3.63, 3.8) is 0 Å². The normalized spacial score (nSPS) is 17.9. The van der Waals surface area contributed by atoms with Crippen molar-refractivity contribution < 1.29 is 4.79 Å². The minimum atomic E-state index is -0.238. The van der Waals surface area contributed by atoms with E-state index in [2.05, 4.69) is 24.8 Å². The van der Waals surface area contributed by atoms with E-state index >= 15 is 0 Å². The summed E-state index contributed by atoms with van der Waals surface area (Å²) < 4.78 is 2.35. The summed E-state index contributed by atoms with van der Waals surface area (Å²) >= 11 is 6.91. The lowest BCUT2D eigenvalue weighted by Crippen LogP contribution is -2.39. The maximum absolute atomic E-state index is 13.4. The summed E-state index contributed by atoms with van der Waals surface area (Å²) in [7, 11) is 0. The fourth-order valence-electron chi connectivity index (χ4n) is 5.01. The van der Waals surface area contributed by atoms with Gasteiger partial charge in [-0.25, -0.2) is 0 Å². The molecule has 8 heteroatoms. The molecule has 0 atom stereocenters. The third kappa shape index (κ3) is 6.41. The van der Waals surface area contributed by atoms with Crippen LogP contribution in [0.4, 0.5) is 5.82 Å². The first-order chi connectivity index (χ1) is 17.3. The molecule has 0 unspecified atom stereocenters. The number of anilines is 1. The lowest BCUT2D eigenvalue weighted by atomic mass is 9.97. The Labute approximate surface area is 225 Å². The van der Waals surface area contributed by atoms with Crippen LogP contribution in [0.25, 0.3) is 6.08 Å². The molecule has 2 fully saturated rings. The highest BCUT2D eigenvalue weighted by atomic mass is 32.2. The maximum Gasteiger partial charge on any atom is 0.270 e. The smallest absolute Gasteiger partial charge is 0.270 e. The Balaban J connectivity index is 1.97. The molecule has 1 aromatic heterocycles. The van der Waals surface area contributed by atoms with E-state index in [1.54, 1.807) is 9.47 Å². The molecule has 0 aliphatic carbocycles. The van der Waals surface area contributed by atoms with Crippen LogP contribution in [0.5, 0.6) is 0 Å². The summed E-state index contributed by atoms with van der Waals surface area (Å²) in [4.78, 5) is 31.2. The highest BCUT2D eigenvalue weighted by Crippen LogP contribution is 2.37. The number of thioether (sulfide) groups is 1. The number of amides is 1. The maximum atomic E-state index is 13.4. The quantitative estimate of drug-likeness (QED) is 0.192. The monoisotopic (exact) mass is 528 g/mol. The van der Waals surface area contributed by atoms with E-state index in [1.807, 2.05) is 19.9 Å². The van der Waals surface area contributed by atoms with E-state index < -0.39 is 0 Å². The fourth-order valence-corrected chi connectivity index (χ4v) is 6.30. The number of rotatable bonds is 11. The number of pyridine rings is 1. The lowest BCUT2D eigenvalue weighted by Gasteiger charge is -2.35. The zero-order valence-electron chi connectivity index (χ0n) is 22.3. The van der Waals surface area contributed by atoms with Crippen LogP contribution in [0, 0.1) is 24.2 Å². The molecule has 0 spiro atoms. The van der Waals surface area contributed by atoms with Crippen molar-refractivity contribution in [1.29, 1.82) is 5.26 Å². The minimum absolute atomic E-state index is 0.0667. The molecule has 196 valence electrons. The van der Waals surface area contributed by atoms with Gasteiger partial charge in [0.1, 0.15) is 21.8 Å². The summed E-state index contributed by atoms with van der Waals surface area (Å²) in [5, 5.41) is 9.82. The van der Waals surface area contributed by atoms with Gasteiger partial charge in [-0.15, -0.1) is 0 Å². The van der Waals surface area contributed by atoms with Gasteiger partial charge < -0.3 is 4.90 Å². The van der Waals surface area contributed by atoms with Crippen molar-refractivity contribution in [2.24, 2.45) is 5.92 Å². The van der Waals surface area contributed by atoms with Gasteiger partial charge in [-0.2, -0.15) is 5.26 Å². The number of unbranched alkanes of at least 4 members (excludes halogenated alkanes) is 5. The molecule has 2 aliphatic rings. The van der Waals surface area contributed by atoms with Crippen LogP contribution in [0.15, 0.2) is 9.70 Å². The molecule has 0 N–H and O–H groups in total. The Morgan fingerprint density at radius 2 is 1.72 bits per heavy atom. The van der Waals surface area contributed by atoms with Crippen LogP contribution in [0.1, 0.15) is 95.2 Å². The number of piperidine rings is 1. The third-order valence-electron chi connectivity index (χ3n) is 7.26. The van der Waals surface area contributed by atoms with Gasteiger partial charge >= 0.3 is 0 Å². The highest BCUT2D eigenvalue weighted by Gasteiger charge is 2.33. The van der Waals surface area contributed by atoms with Gasteiger partial charge in [0, 0.05) is 31.7 Å². The van der Waals surface area contributed by atoms with E-state index in [9.17, 15) is 14.9 Å². The van der Waals surface area contributed by atoms with Crippen LogP contribution in [0.3, 0.4) is 0 Å². The van der Waals surface area contributed by atoms with Crippen LogP contribution >= 0.6 is 24.0 Å². The fraction of sp³-hybridized carbons (Fsp3) is 0.643. The second-order valence-corrected chi connectivity index (χ2v) is 11.8. The van der Waals surface area contributed by atoms with Crippen LogP contribution in [0.2, 0.25) is 0 Å². The zero-order chi connectivity index (χ0) is 26.2. The molecule has 6 nitrogen and oxygen atoms in total. The van der Waals surface area contributed by atoms with Gasteiger partial charge in [0.25, 0.3) is 11.5 Å². The van der Waals surface area contributed by atoms with Gasteiger partial charge in [0.15, 0.2) is 0 Å². The van der Waals surface area contributed by atoms with E-state index in [0.717, 1.165) is 56.6 Å². The standard InChI is InChI=1S/C28H40N4O2S2/c1-5-7-8-9-10-11-15-32-27(34)24(36-28(32)35)18-22-21(4)23(19-29)26(33)31(14-6-2)25(22)30-16-12-20(3)13-17-30/h18,20H,5-17H2,1-4H3. The van der Waals surface area contributed by atoms with Crippen LogP contribution in [-0.4, -0.2) is 39.3 Å². The van der Waals surface area contributed by atoms with Crippen molar-refractivity contribution >= 4 is 46.1 Å². The number of hydrogen-bond donors (Lipinski definition) is 0. The Bertz CT molecular complexity index is 1090. The second-order valence-electron chi connectivity index (χ2n) is 10.1. The van der Waals surface area contributed by atoms with Gasteiger partial charge in [-0.1, -0.05) is 76.9 Å². The van der Waals surface area contributed by atoms with Crippen molar-refractivity contribution in [3.8, 4) is 6.07 Å². The minimum Gasteiger partial charge on any atom is -0.357 e. The average molecular weight is 529 g/mol. The van der Waals surface area contributed by atoms with E-state index in [4.69, 9.17) is 12.2 Å². The van der Waals surface area contributed by atoms with Crippen molar-refractivity contribution in [1.82, 2.24) is 9.47 Å². The third-order valence-corrected chi connectivity index (χ3v) is 8.64. The van der Waals surface area contributed by atoms with Gasteiger partial charge in [0.05, 0.1) is 4.91 Å². The first-order valence-corrected chi connectivity index (χ1v) is 14.7. The molecular formula is C28H40N4O2S2. The van der Waals surface area contributed by atoms with E-state index in [1.165, 1.54) is 37.4 Å². The summed E-state index contributed by atoms with van der Waals surface area (Å²) in [6.45, 7) is 11.2. The Kier molecular flexibility index (Phi) is 10.6. The first kappa shape index (κ1) is 28.5. The molecule has 2 aliphatic heterocycles. The Morgan fingerprint density at radius 3 is 2.36 bits per heavy atom. The van der Waals surface area contributed by atoms with E-state index in [-0.39, 0.29) is 17.0 Å². The number of carbonyl (C=O) groups excluding carboxylic acids is 1. The van der Waals surface area contributed by atoms with Crippen LogP contribution < -0.4 is 10.5 Å². The summed E-state index contributed by atoms with van der Waals surface area (Å²) in [5.74, 6) is 1.42. The predicted molar refractivity (Wildman–Crippen MR) is 154 cm³/mol. The molecule has 1 amide bonds. The summed E-state index contributed by atoms with van der Waals surface area (Å²) in [6, 6.07) is 2.13. The Morgan fingerprint density at radius 1 is 1.06 bits per heavy atom.